The van der Waals surface area contributed by atoms with Crippen LogP contribution >= 0.6 is 7.60 Å². The van der Waals surface area contributed by atoms with Crippen LogP contribution in [0.2, 0.25) is 0 Å². The van der Waals surface area contributed by atoms with Crippen molar-refractivity contribution >= 4 is 34.4 Å². The average Bonchev–Trinajstić information content (AvgIpc) is 2.45. The molecule has 0 atom stereocenters. The quantitative estimate of drug-likeness (QED) is 0.576. The van der Waals surface area contributed by atoms with Gasteiger partial charge in [-0.05, 0) is 29.1 Å². The van der Waals surface area contributed by atoms with Crippen molar-refractivity contribution in [1.29, 1.82) is 0 Å². The van der Waals surface area contributed by atoms with E-state index in [1.165, 1.54) is 0 Å². The second kappa shape index (κ2) is 5.15. The normalized spacial score (nSPS) is 12.0. The Morgan fingerprint density at radius 2 is 1.67 bits per heavy atom. The molecule has 0 aromatic heterocycles. The van der Waals surface area contributed by atoms with Gasteiger partial charge in [0, 0.05) is 5.39 Å². The molecule has 3 aromatic rings. The minimum atomic E-state index is -4.43. The largest absolute Gasteiger partial charge is 0.493 e. The summed E-state index contributed by atoms with van der Waals surface area (Å²) in [4.78, 5) is 19.4. The molecule has 0 heterocycles. The maximum Gasteiger partial charge on any atom is 0.360 e. The van der Waals surface area contributed by atoms with Crippen molar-refractivity contribution in [2.45, 2.75) is 6.92 Å². The Morgan fingerprint density at radius 3 is 2.38 bits per heavy atom. The molecule has 0 saturated heterocycles. The fourth-order valence-electron chi connectivity index (χ4n) is 2.62. The van der Waals surface area contributed by atoms with Gasteiger partial charge in [-0.3, -0.25) is 4.57 Å². The predicted molar refractivity (Wildman–Crippen MR) is 84.3 cm³/mol. The van der Waals surface area contributed by atoms with Gasteiger partial charge in [0.2, 0.25) is 0 Å². The van der Waals surface area contributed by atoms with Gasteiger partial charge in [-0.1, -0.05) is 42.5 Å². The van der Waals surface area contributed by atoms with Crippen molar-refractivity contribution in [3.05, 3.63) is 48.5 Å². The summed E-state index contributed by atoms with van der Waals surface area (Å²) in [6.45, 7) is 2.14. The molecule has 0 saturated carbocycles. The standard InChI is InChI=1S/C16H15O4P/c1-2-20-15-10-9-13-12-6-4-3-5-11(12)7-8-14(13)16(15)21(17,18)19/h3-10H,2H2,1H3,(H2,17,18,19). The molecular formula is C16H15O4P. The van der Waals surface area contributed by atoms with Gasteiger partial charge in [-0.2, -0.15) is 0 Å². The van der Waals surface area contributed by atoms with Crippen molar-refractivity contribution in [1.82, 2.24) is 0 Å². The minimum absolute atomic E-state index is 0.0346. The molecule has 0 fully saturated rings. The first-order valence-electron chi connectivity index (χ1n) is 6.65. The summed E-state index contributed by atoms with van der Waals surface area (Å²) in [5, 5.41) is 3.31. The van der Waals surface area contributed by atoms with E-state index in [1.54, 1.807) is 19.1 Å². The first-order chi connectivity index (χ1) is 10.0. The number of benzene rings is 3. The lowest BCUT2D eigenvalue weighted by Gasteiger charge is -2.15. The molecule has 4 nitrogen and oxygen atoms in total. The lowest BCUT2D eigenvalue weighted by molar-refractivity contribution is 0.339. The van der Waals surface area contributed by atoms with Gasteiger partial charge < -0.3 is 14.5 Å². The van der Waals surface area contributed by atoms with E-state index >= 15 is 0 Å². The van der Waals surface area contributed by atoms with E-state index in [0.29, 0.717) is 12.0 Å². The van der Waals surface area contributed by atoms with Crippen molar-refractivity contribution in [3.63, 3.8) is 0 Å². The predicted octanol–water partition coefficient (Wildman–Crippen LogP) is 3.19. The second-order valence-corrected chi connectivity index (χ2v) is 6.31. The Hall–Kier alpha value is -1.87. The monoisotopic (exact) mass is 302 g/mol. The Labute approximate surface area is 122 Å². The summed E-state index contributed by atoms with van der Waals surface area (Å²) in [6, 6.07) is 14.9. The van der Waals surface area contributed by atoms with Gasteiger partial charge in [-0.25, -0.2) is 0 Å². The van der Waals surface area contributed by atoms with Crippen LogP contribution in [0.5, 0.6) is 5.75 Å². The molecule has 2 N–H and O–H groups in total. The van der Waals surface area contributed by atoms with Crippen LogP contribution in [0.4, 0.5) is 0 Å². The van der Waals surface area contributed by atoms with Crippen molar-refractivity contribution in [2.75, 3.05) is 6.61 Å². The van der Waals surface area contributed by atoms with E-state index in [-0.39, 0.29) is 11.1 Å². The molecule has 0 aliphatic heterocycles. The molecule has 21 heavy (non-hydrogen) atoms. The molecule has 0 amide bonds. The lowest BCUT2D eigenvalue weighted by Crippen LogP contribution is -2.11. The number of rotatable bonds is 3. The molecule has 0 bridgehead atoms. The third-order valence-corrected chi connectivity index (χ3v) is 4.50. The van der Waals surface area contributed by atoms with Crippen LogP contribution in [0.25, 0.3) is 21.5 Å². The zero-order valence-corrected chi connectivity index (χ0v) is 12.4. The molecular weight excluding hydrogens is 287 g/mol. The van der Waals surface area contributed by atoms with Gasteiger partial charge in [-0.15, -0.1) is 0 Å². The van der Waals surface area contributed by atoms with Gasteiger partial charge in [0.05, 0.1) is 6.61 Å². The molecule has 0 radical (unpaired) electrons. The van der Waals surface area contributed by atoms with Gasteiger partial charge in [0.25, 0.3) is 0 Å². The second-order valence-electron chi connectivity index (χ2n) is 4.77. The Balaban J connectivity index is 2.46. The molecule has 0 aliphatic carbocycles. The minimum Gasteiger partial charge on any atom is -0.493 e. The van der Waals surface area contributed by atoms with E-state index in [9.17, 15) is 14.4 Å². The smallest absolute Gasteiger partial charge is 0.360 e. The van der Waals surface area contributed by atoms with E-state index in [2.05, 4.69) is 0 Å². The maximum absolute atomic E-state index is 11.9. The lowest BCUT2D eigenvalue weighted by atomic mass is 10.0. The highest BCUT2D eigenvalue weighted by atomic mass is 31.2. The van der Waals surface area contributed by atoms with Crippen LogP contribution in [0.1, 0.15) is 6.92 Å². The number of fused-ring (bicyclic) bond motifs is 3. The molecule has 108 valence electrons. The molecule has 3 rings (SSSR count). The fourth-order valence-corrected chi connectivity index (χ4v) is 3.56. The van der Waals surface area contributed by atoms with E-state index in [4.69, 9.17) is 4.74 Å². The van der Waals surface area contributed by atoms with Crippen LogP contribution < -0.4 is 10.0 Å². The molecule has 0 unspecified atom stereocenters. The Kier molecular flexibility index (Phi) is 3.46. The highest BCUT2D eigenvalue weighted by Gasteiger charge is 2.26. The summed E-state index contributed by atoms with van der Waals surface area (Å²) in [6.07, 6.45) is 0. The number of hydrogen-bond donors (Lipinski definition) is 2. The third kappa shape index (κ3) is 2.42. The maximum atomic E-state index is 11.9. The zero-order chi connectivity index (χ0) is 15.0. The van der Waals surface area contributed by atoms with E-state index in [1.807, 2.05) is 36.4 Å². The molecule has 5 heteroatoms. The molecule has 0 aliphatic rings. The SMILES string of the molecule is CCOc1ccc2c(ccc3ccccc32)c1P(=O)(O)O. The number of ether oxygens (including phenoxy) is 1. The third-order valence-electron chi connectivity index (χ3n) is 3.45. The summed E-state index contributed by atoms with van der Waals surface area (Å²) >= 11 is 0. The summed E-state index contributed by atoms with van der Waals surface area (Å²) in [5.74, 6) is 0.244. The number of hydrogen-bond acceptors (Lipinski definition) is 2. The Bertz CT molecular complexity index is 867. The summed E-state index contributed by atoms with van der Waals surface area (Å²) in [7, 11) is -4.43. The first kappa shape index (κ1) is 14.1. The topological polar surface area (TPSA) is 66.8 Å². The Morgan fingerprint density at radius 1 is 0.952 bits per heavy atom. The van der Waals surface area contributed by atoms with Crippen LogP contribution in [0.3, 0.4) is 0 Å². The average molecular weight is 302 g/mol. The van der Waals surface area contributed by atoms with Crippen LogP contribution in [0.15, 0.2) is 48.5 Å². The van der Waals surface area contributed by atoms with E-state index in [0.717, 1.165) is 16.2 Å². The zero-order valence-electron chi connectivity index (χ0n) is 11.5. The van der Waals surface area contributed by atoms with Crippen molar-refractivity contribution in [2.24, 2.45) is 0 Å². The van der Waals surface area contributed by atoms with Gasteiger partial charge in [0.1, 0.15) is 11.1 Å². The van der Waals surface area contributed by atoms with Crippen molar-refractivity contribution < 1.29 is 19.1 Å². The highest BCUT2D eigenvalue weighted by molar-refractivity contribution is 7.61. The van der Waals surface area contributed by atoms with E-state index < -0.39 is 7.60 Å². The van der Waals surface area contributed by atoms with Gasteiger partial charge in [0.15, 0.2) is 0 Å². The van der Waals surface area contributed by atoms with Crippen LogP contribution in [-0.2, 0) is 4.57 Å². The van der Waals surface area contributed by atoms with Crippen molar-refractivity contribution in [3.8, 4) is 5.75 Å². The molecule has 3 aromatic carbocycles. The first-order valence-corrected chi connectivity index (χ1v) is 8.27. The van der Waals surface area contributed by atoms with Crippen LogP contribution in [-0.4, -0.2) is 16.4 Å². The summed E-state index contributed by atoms with van der Waals surface area (Å²) < 4.78 is 17.3. The highest BCUT2D eigenvalue weighted by Crippen LogP contribution is 2.42. The van der Waals surface area contributed by atoms with Gasteiger partial charge >= 0.3 is 7.60 Å². The van der Waals surface area contributed by atoms with Crippen LogP contribution in [0, 0.1) is 0 Å². The fraction of sp³-hybridized carbons (Fsp3) is 0.125. The molecule has 0 spiro atoms. The summed E-state index contributed by atoms with van der Waals surface area (Å²) in [5.41, 5.74) is 0.